The fourth-order valence-electron chi connectivity index (χ4n) is 7.50. The molecule has 236 valence electrons. The van der Waals surface area contributed by atoms with Crippen LogP contribution < -0.4 is 4.90 Å². The Hall–Kier alpha value is -4.26. The van der Waals surface area contributed by atoms with Gasteiger partial charge in [0.1, 0.15) is 6.54 Å². The van der Waals surface area contributed by atoms with Crippen molar-refractivity contribution in [3.05, 3.63) is 132 Å². The molecule has 2 heterocycles. The zero-order chi connectivity index (χ0) is 32.7. The van der Waals surface area contributed by atoms with E-state index in [2.05, 4.69) is 147 Å². The van der Waals surface area contributed by atoms with Gasteiger partial charge in [-0.3, -0.25) is 0 Å². The Morgan fingerprint density at radius 2 is 1.35 bits per heavy atom. The van der Waals surface area contributed by atoms with Crippen LogP contribution in [0.4, 0.5) is 11.4 Å². The zero-order valence-corrected chi connectivity index (χ0v) is 28.1. The Morgan fingerprint density at radius 1 is 0.739 bits per heavy atom. The quantitative estimate of drug-likeness (QED) is 0.0804. The molecule has 46 heavy (non-hydrogen) atoms. The van der Waals surface area contributed by atoms with Crippen LogP contribution in [0.5, 0.6) is 0 Å². The van der Waals surface area contributed by atoms with Crippen LogP contribution in [0.15, 0.2) is 121 Å². The molecule has 4 aromatic rings. The van der Waals surface area contributed by atoms with E-state index in [9.17, 15) is 13.0 Å². The first-order valence-corrected chi connectivity index (χ1v) is 17.6. The number of hydrogen-bond acceptors (Lipinski definition) is 4. The Bertz CT molecular complexity index is 2100. The largest absolute Gasteiger partial charge is 0.748 e. The normalized spacial score (nSPS) is 18.3. The van der Waals surface area contributed by atoms with Gasteiger partial charge in [-0.2, -0.15) is 4.58 Å². The fraction of sp³-hybridized carbons (Fsp3) is 0.275. The topological polar surface area (TPSA) is 63.5 Å². The lowest BCUT2D eigenvalue weighted by Crippen LogP contribution is -2.28. The number of fused-ring (bicyclic) bond motifs is 6. The van der Waals surface area contributed by atoms with Crippen molar-refractivity contribution in [3.8, 4) is 0 Å². The average Bonchev–Trinajstić information content (AvgIpc) is 3.36. The molecule has 0 amide bonds. The molecule has 0 saturated carbocycles. The van der Waals surface area contributed by atoms with Crippen molar-refractivity contribution >= 4 is 48.7 Å². The Balaban J connectivity index is 1.24. The van der Waals surface area contributed by atoms with Crippen LogP contribution in [0, 0.1) is 0 Å². The summed E-state index contributed by atoms with van der Waals surface area (Å²) in [6, 6.07) is 25.8. The molecule has 0 spiro atoms. The van der Waals surface area contributed by atoms with Gasteiger partial charge in [-0.1, -0.05) is 98.8 Å². The third-order valence-electron chi connectivity index (χ3n) is 9.63. The molecule has 0 fully saturated rings. The van der Waals surface area contributed by atoms with E-state index in [0.717, 1.165) is 11.4 Å². The number of rotatable bonds is 9. The van der Waals surface area contributed by atoms with Crippen LogP contribution >= 0.6 is 0 Å². The molecule has 0 unspecified atom stereocenters. The van der Waals surface area contributed by atoms with Gasteiger partial charge in [0.15, 0.2) is 5.71 Å². The highest BCUT2D eigenvalue weighted by atomic mass is 32.2. The highest BCUT2D eigenvalue weighted by Gasteiger charge is 2.45. The molecule has 5 nitrogen and oxygen atoms in total. The smallest absolute Gasteiger partial charge is 0.210 e. The lowest BCUT2D eigenvalue weighted by Gasteiger charge is -2.24. The summed E-state index contributed by atoms with van der Waals surface area (Å²) in [4.78, 5) is 2.30. The van der Waals surface area contributed by atoms with Crippen molar-refractivity contribution in [1.29, 1.82) is 0 Å². The number of allylic oxidation sites excluding steroid dienone is 8. The molecule has 0 N–H and O–H groups in total. The predicted molar refractivity (Wildman–Crippen MR) is 191 cm³/mol. The number of nitrogens with zero attached hydrogens (tertiary/aromatic N) is 2. The average molecular weight is 631 g/mol. The minimum absolute atomic E-state index is 0.121. The summed E-state index contributed by atoms with van der Waals surface area (Å²) in [6.07, 6.45) is 15.7. The number of likely N-dealkylation sites (N-methyl/N-ethyl adjacent to an activating group) is 1. The van der Waals surface area contributed by atoms with Crippen molar-refractivity contribution < 1.29 is 17.5 Å². The first kappa shape index (κ1) is 31.7. The molecule has 4 aromatic carbocycles. The Labute approximate surface area is 273 Å². The van der Waals surface area contributed by atoms with Gasteiger partial charge in [0, 0.05) is 53.7 Å². The molecule has 0 aliphatic carbocycles. The lowest BCUT2D eigenvalue weighted by atomic mass is 9.79. The molecule has 0 atom stereocenters. The molecular weight excluding hydrogens is 589 g/mol. The number of hydrogen-bond donors (Lipinski definition) is 0. The van der Waals surface area contributed by atoms with Gasteiger partial charge in [0.05, 0.1) is 15.5 Å². The van der Waals surface area contributed by atoms with Gasteiger partial charge < -0.3 is 9.45 Å². The van der Waals surface area contributed by atoms with Gasteiger partial charge in [0.2, 0.25) is 5.69 Å². The zero-order valence-electron chi connectivity index (χ0n) is 27.3. The van der Waals surface area contributed by atoms with Crippen LogP contribution in [0.2, 0.25) is 0 Å². The van der Waals surface area contributed by atoms with E-state index in [0.29, 0.717) is 19.4 Å². The minimum atomic E-state index is -4.22. The second-order valence-electron chi connectivity index (χ2n) is 13.4. The Kier molecular flexibility index (Phi) is 8.38. The van der Waals surface area contributed by atoms with E-state index in [1.807, 2.05) is 12.2 Å². The summed E-state index contributed by atoms with van der Waals surface area (Å²) in [5.74, 6) is -0.332. The summed E-state index contributed by atoms with van der Waals surface area (Å²) in [5.41, 5.74) is 7.07. The molecule has 6 heteroatoms. The van der Waals surface area contributed by atoms with E-state index in [1.165, 1.54) is 44.1 Å². The number of anilines is 1. The maximum Gasteiger partial charge on any atom is 0.210 e. The summed E-state index contributed by atoms with van der Waals surface area (Å²) in [6.45, 7) is 9.73. The van der Waals surface area contributed by atoms with E-state index < -0.39 is 10.1 Å². The van der Waals surface area contributed by atoms with Crippen LogP contribution in [-0.2, 0) is 20.9 Å². The summed E-state index contributed by atoms with van der Waals surface area (Å²) in [7, 11) is -2.07. The highest BCUT2D eigenvalue weighted by molar-refractivity contribution is 7.85. The highest BCUT2D eigenvalue weighted by Crippen LogP contribution is 2.50. The minimum Gasteiger partial charge on any atom is -0.748 e. The second kappa shape index (κ2) is 12.2. The monoisotopic (exact) mass is 630 g/mol. The van der Waals surface area contributed by atoms with Crippen LogP contribution in [0.1, 0.15) is 51.7 Å². The standard InChI is InChI=1S/C40H42N2O3S/c1-39(2)35(41(5)33-25-23-29-17-11-13-19-31(29)37(33)39)21-9-7-6-8-10-22-36-40(3,4)38-32-20-14-12-18-30(32)24-26-34(38)42(36)27-15-16-28-46(43,44)45/h6-14,17-26H,15-16,27-28H2,1-5H3. The van der Waals surface area contributed by atoms with E-state index in [4.69, 9.17) is 0 Å². The van der Waals surface area contributed by atoms with Gasteiger partial charge in [0.25, 0.3) is 0 Å². The van der Waals surface area contributed by atoms with Gasteiger partial charge in [-0.25, -0.2) is 8.42 Å². The number of unbranched alkanes of at least 4 members (excludes halogenated alkanes) is 1. The molecule has 0 bridgehead atoms. The molecule has 2 aliphatic rings. The molecule has 0 saturated heterocycles. The lowest BCUT2D eigenvalue weighted by molar-refractivity contribution is -0.438. The first-order valence-electron chi connectivity index (χ1n) is 16.0. The van der Waals surface area contributed by atoms with Crippen LogP contribution in [0.25, 0.3) is 21.5 Å². The van der Waals surface area contributed by atoms with Gasteiger partial charge in [-0.15, -0.1) is 0 Å². The molecule has 0 radical (unpaired) electrons. The van der Waals surface area contributed by atoms with Crippen LogP contribution in [0.3, 0.4) is 0 Å². The molecule has 0 aromatic heterocycles. The maximum atomic E-state index is 11.2. The maximum absolute atomic E-state index is 11.2. The van der Waals surface area contributed by atoms with Crippen molar-refractivity contribution in [3.63, 3.8) is 0 Å². The van der Waals surface area contributed by atoms with E-state index >= 15 is 0 Å². The first-order chi connectivity index (χ1) is 21.9. The fourth-order valence-corrected chi connectivity index (χ4v) is 8.06. The summed E-state index contributed by atoms with van der Waals surface area (Å²) >= 11 is 0. The third-order valence-corrected chi connectivity index (χ3v) is 10.4. The SMILES string of the molecule is CN1/C(=C/C=C/C=C/C=C/C2=[N+](CCCCS(=O)(=O)[O-])c3ccc4ccccc4c3C2(C)C)C(C)(C)c2c1ccc1ccccc21. The second-order valence-corrected chi connectivity index (χ2v) is 14.9. The van der Waals surface area contributed by atoms with Crippen LogP contribution in [-0.4, -0.2) is 42.6 Å². The van der Waals surface area contributed by atoms with Crippen molar-refractivity contribution in [2.24, 2.45) is 0 Å². The van der Waals surface area contributed by atoms with Crippen molar-refractivity contribution in [2.75, 3.05) is 24.2 Å². The number of benzene rings is 4. The molecule has 2 aliphatic heterocycles. The van der Waals surface area contributed by atoms with E-state index in [1.54, 1.807) is 0 Å². The van der Waals surface area contributed by atoms with Gasteiger partial charge >= 0.3 is 0 Å². The Morgan fingerprint density at radius 3 is 2.04 bits per heavy atom. The third kappa shape index (κ3) is 5.76. The summed E-state index contributed by atoms with van der Waals surface area (Å²) in [5, 5.41) is 4.99. The summed E-state index contributed by atoms with van der Waals surface area (Å²) < 4.78 is 35.9. The predicted octanol–water partition coefficient (Wildman–Crippen LogP) is 8.67. The molecular formula is C40H42N2O3S. The van der Waals surface area contributed by atoms with Crippen molar-refractivity contribution in [2.45, 2.75) is 51.4 Å². The van der Waals surface area contributed by atoms with Crippen molar-refractivity contribution in [1.82, 2.24) is 0 Å². The van der Waals surface area contributed by atoms with Gasteiger partial charge in [-0.05, 0) is 65.6 Å². The van der Waals surface area contributed by atoms with E-state index in [-0.39, 0.29) is 16.6 Å². The molecule has 6 rings (SSSR count).